The Kier molecular flexibility index (Phi) is 4.74. The van der Waals surface area contributed by atoms with E-state index in [9.17, 15) is 4.79 Å². The number of primary amides is 1. The van der Waals surface area contributed by atoms with Crippen molar-refractivity contribution in [2.75, 3.05) is 0 Å². The number of amides is 1. The van der Waals surface area contributed by atoms with Gasteiger partial charge in [-0.05, 0) is 36.8 Å². The monoisotopic (exact) mass is 270 g/mol. The highest BCUT2D eigenvalue weighted by Gasteiger charge is 2.06. The van der Waals surface area contributed by atoms with Crippen LogP contribution in [0.2, 0.25) is 0 Å². The van der Waals surface area contributed by atoms with Crippen molar-refractivity contribution in [3.63, 3.8) is 0 Å². The molecule has 0 aliphatic heterocycles. The lowest BCUT2D eigenvalue weighted by Crippen LogP contribution is -2.38. The van der Waals surface area contributed by atoms with Crippen LogP contribution >= 0.6 is 0 Å². The van der Waals surface area contributed by atoms with E-state index in [0.29, 0.717) is 6.54 Å². The van der Waals surface area contributed by atoms with E-state index in [4.69, 9.17) is 10.5 Å². The molecule has 20 heavy (non-hydrogen) atoms. The molecule has 0 aliphatic rings. The van der Waals surface area contributed by atoms with Crippen LogP contribution in [-0.2, 0) is 11.3 Å². The third kappa shape index (κ3) is 4.10. The molecule has 3 N–H and O–H groups in total. The van der Waals surface area contributed by atoms with Gasteiger partial charge in [0.05, 0.1) is 6.04 Å². The number of para-hydroxylation sites is 1. The van der Waals surface area contributed by atoms with E-state index in [1.54, 1.807) is 6.92 Å². The average Bonchev–Trinajstić information content (AvgIpc) is 2.47. The van der Waals surface area contributed by atoms with Gasteiger partial charge < -0.3 is 15.8 Å². The standard InChI is InChI=1S/C16H18N2O2/c1-12(16(17)19)18-11-13-7-9-15(10-8-13)20-14-5-3-2-4-6-14/h2-10,12,18H,11H2,1H3,(H2,17,19)/t12-/m0/s1. The molecular weight excluding hydrogens is 252 g/mol. The van der Waals surface area contributed by atoms with E-state index < -0.39 is 0 Å². The summed E-state index contributed by atoms with van der Waals surface area (Å²) < 4.78 is 5.70. The molecule has 2 rings (SSSR count). The molecule has 1 atom stereocenters. The molecule has 0 aliphatic carbocycles. The second-order valence-corrected chi connectivity index (χ2v) is 4.56. The van der Waals surface area contributed by atoms with Crippen molar-refractivity contribution < 1.29 is 9.53 Å². The fourth-order valence-electron chi connectivity index (χ4n) is 1.67. The Hall–Kier alpha value is -2.33. The maximum Gasteiger partial charge on any atom is 0.234 e. The van der Waals surface area contributed by atoms with Gasteiger partial charge in [-0.25, -0.2) is 0 Å². The largest absolute Gasteiger partial charge is 0.457 e. The van der Waals surface area contributed by atoms with Crippen molar-refractivity contribution in [1.29, 1.82) is 0 Å². The minimum atomic E-state index is -0.353. The van der Waals surface area contributed by atoms with E-state index in [2.05, 4.69) is 5.32 Å². The van der Waals surface area contributed by atoms with Crippen LogP contribution < -0.4 is 15.8 Å². The number of benzene rings is 2. The number of hydrogen-bond donors (Lipinski definition) is 2. The predicted molar refractivity (Wildman–Crippen MR) is 78.5 cm³/mol. The molecule has 0 aromatic heterocycles. The van der Waals surface area contributed by atoms with Gasteiger partial charge in [-0.15, -0.1) is 0 Å². The molecule has 4 nitrogen and oxygen atoms in total. The van der Waals surface area contributed by atoms with Gasteiger partial charge in [-0.3, -0.25) is 4.79 Å². The molecule has 0 radical (unpaired) electrons. The Morgan fingerprint density at radius 2 is 1.70 bits per heavy atom. The molecule has 1 amide bonds. The molecule has 0 spiro atoms. The summed E-state index contributed by atoms with van der Waals surface area (Å²) in [5.41, 5.74) is 6.26. The minimum absolute atomic E-state index is 0.338. The molecular formula is C16H18N2O2. The normalized spacial score (nSPS) is 11.8. The number of hydrogen-bond acceptors (Lipinski definition) is 3. The molecule has 4 heteroatoms. The van der Waals surface area contributed by atoms with E-state index in [-0.39, 0.29) is 11.9 Å². The maximum absolute atomic E-state index is 10.9. The summed E-state index contributed by atoms with van der Waals surface area (Å²) >= 11 is 0. The van der Waals surface area contributed by atoms with Gasteiger partial charge >= 0.3 is 0 Å². The minimum Gasteiger partial charge on any atom is -0.457 e. The van der Waals surface area contributed by atoms with E-state index in [0.717, 1.165) is 17.1 Å². The first-order chi connectivity index (χ1) is 9.65. The molecule has 0 saturated carbocycles. The molecule has 0 heterocycles. The first-order valence-corrected chi connectivity index (χ1v) is 6.49. The van der Waals surface area contributed by atoms with Crippen molar-refractivity contribution in [2.45, 2.75) is 19.5 Å². The second kappa shape index (κ2) is 6.73. The van der Waals surface area contributed by atoms with E-state index >= 15 is 0 Å². The van der Waals surface area contributed by atoms with Gasteiger partial charge in [0.1, 0.15) is 11.5 Å². The van der Waals surface area contributed by atoms with Crippen molar-refractivity contribution in [1.82, 2.24) is 5.32 Å². The van der Waals surface area contributed by atoms with Gasteiger partial charge in [-0.1, -0.05) is 30.3 Å². The number of carbonyl (C=O) groups excluding carboxylic acids is 1. The molecule has 0 saturated heterocycles. The zero-order valence-corrected chi connectivity index (χ0v) is 11.4. The number of nitrogens with two attached hydrogens (primary N) is 1. The Balaban J connectivity index is 1.91. The molecule has 0 bridgehead atoms. The summed E-state index contributed by atoms with van der Waals surface area (Å²) in [6.45, 7) is 2.34. The van der Waals surface area contributed by atoms with Crippen LogP contribution in [0.5, 0.6) is 11.5 Å². The number of nitrogens with one attached hydrogen (secondary N) is 1. The molecule has 104 valence electrons. The van der Waals surface area contributed by atoms with Crippen LogP contribution in [0.3, 0.4) is 0 Å². The van der Waals surface area contributed by atoms with E-state index in [1.807, 2.05) is 54.6 Å². The fraction of sp³-hybridized carbons (Fsp3) is 0.188. The van der Waals surface area contributed by atoms with Crippen LogP contribution in [0.15, 0.2) is 54.6 Å². The lowest BCUT2D eigenvalue weighted by molar-refractivity contribution is -0.119. The summed E-state index contributed by atoms with van der Waals surface area (Å²) in [5, 5.41) is 3.05. The summed E-state index contributed by atoms with van der Waals surface area (Å²) in [6, 6.07) is 17.0. The van der Waals surface area contributed by atoms with Crippen LogP contribution in [0.4, 0.5) is 0 Å². The Bertz CT molecular complexity index is 552. The second-order valence-electron chi connectivity index (χ2n) is 4.56. The summed E-state index contributed by atoms with van der Waals surface area (Å²) in [5.74, 6) is 1.23. The number of ether oxygens (including phenoxy) is 1. The third-order valence-corrected chi connectivity index (χ3v) is 2.94. The first kappa shape index (κ1) is 14.1. The quantitative estimate of drug-likeness (QED) is 0.847. The fourth-order valence-corrected chi connectivity index (χ4v) is 1.67. The zero-order valence-electron chi connectivity index (χ0n) is 11.4. The van der Waals surface area contributed by atoms with Gasteiger partial charge in [0.15, 0.2) is 0 Å². The van der Waals surface area contributed by atoms with Crippen LogP contribution in [0.1, 0.15) is 12.5 Å². The van der Waals surface area contributed by atoms with Crippen molar-refractivity contribution >= 4 is 5.91 Å². The van der Waals surface area contributed by atoms with E-state index in [1.165, 1.54) is 0 Å². The van der Waals surface area contributed by atoms with Gasteiger partial charge in [0, 0.05) is 6.54 Å². The van der Waals surface area contributed by atoms with Crippen molar-refractivity contribution in [3.8, 4) is 11.5 Å². The predicted octanol–water partition coefficient (Wildman–Crippen LogP) is 2.44. The van der Waals surface area contributed by atoms with Gasteiger partial charge in [0.25, 0.3) is 0 Å². The average molecular weight is 270 g/mol. The highest BCUT2D eigenvalue weighted by Crippen LogP contribution is 2.21. The molecule has 2 aromatic rings. The van der Waals surface area contributed by atoms with Crippen molar-refractivity contribution in [3.05, 3.63) is 60.2 Å². The summed E-state index contributed by atoms with van der Waals surface area (Å²) in [7, 11) is 0. The first-order valence-electron chi connectivity index (χ1n) is 6.49. The Morgan fingerprint density at radius 3 is 2.30 bits per heavy atom. The summed E-state index contributed by atoms with van der Waals surface area (Å²) in [4.78, 5) is 10.9. The lowest BCUT2D eigenvalue weighted by Gasteiger charge is -2.10. The summed E-state index contributed by atoms with van der Waals surface area (Å²) in [6.07, 6.45) is 0. The lowest BCUT2D eigenvalue weighted by atomic mass is 10.2. The topological polar surface area (TPSA) is 64.3 Å². The molecule has 0 fully saturated rings. The highest BCUT2D eigenvalue weighted by molar-refractivity contribution is 5.79. The Labute approximate surface area is 118 Å². The number of carbonyl (C=O) groups is 1. The molecule has 2 aromatic carbocycles. The molecule has 0 unspecified atom stereocenters. The van der Waals surface area contributed by atoms with Crippen molar-refractivity contribution in [2.24, 2.45) is 5.73 Å². The zero-order chi connectivity index (χ0) is 14.4. The number of rotatable bonds is 6. The van der Waals surface area contributed by atoms with Crippen LogP contribution in [0.25, 0.3) is 0 Å². The van der Waals surface area contributed by atoms with Crippen LogP contribution in [-0.4, -0.2) is 11.9 Å². The van der Waals surface area contributed by atoms with Crippen LogP contribution in [0, 0.1) is 0 Å². The smallest absolute Gasteiger partial charge is 0.234 e. The third-order valence-electron chi connectivity index (χ3n) is 2.94. The van der Waals surface area contributed by atoms with Gasteiger partial charge in [0.2, 0.25) is 5.91 Å². The maximum atomic E-state index is 10.9. The highest BCUT2D eigenvalue weighted by atomic mass is 16.5. The SMILES string of the molecule is C[C@H](NCc1ccc(Oc2ccccc2)cc1)C(N)=O. The van der Waals surface area contributed by atoms with Gasteiger partial charge in [-0.2, -0.15) is 0 Å². The Morgan fingerprint density at radius 1 is 1.10 bits per heavy atom.